The number of hydrogen-bond acceptors (Lipinski definition) is 5. The molecule has 0 aliphatic heterocycles. The fourth-order valence-electron chi connectivity index (χ4n) is 1.26. The van der Waals surface area contributed by atoms with E-state index in [0.717, 1.165) is 0 Å². The van der Waals surface area contributed by atoms with Crippen molar-refractivity contribution < 1.29 is 17.9 Å². The first-order valence-electron chi connectivity index (χ1n) is 5.09. The predicted octanol–water partition coefficient (Wildman–Crippen LogP) is 1.90. The molecule has 0 atom stereocenters. The first-order valence-corrected chi connectivity index (χ1v) is 7.57. The van der Waals surface area contributed by atoms with Gasteiger partial charge in [-0.3, -0.25) is 0 Å². The van der Waals surface area contributed by atoms with E-state index in [1.165, 1.54) is 7.11 Å². The summed E-state index contributed by atoms with van der Waals surface area (Å²) < 4.78 is 31.7. The highest BCUT2D eigenvalue weighted by Crippen LogP contribution is 2.22. The van der Waals surface area contributed by atoms with E-state index < -0.39 is 9.05 Å². The molecule has 0 bridgehead atoms. The van der Waals surface area contributed by atoms with Crippen LogP contribution in [0, 0.1) is 11.3 Å². The zero-order valence-electron chi connectivity index (χ0n) is 9.72. The summed E-state index contributed by atoms with van der Waals surface area (Å²) in [4.78, 5) is 0. The molecule has 98 valence electrons. The quantitative estimate of drug-likeness (QED) is 0.590. The predicted molar refractivity (Wildman–Crippen MR) is 67.5 cm³/mol. The lowest BCUT2D eigenvalue weighted by molar-refractivity contribution is 0.315. The van der Waals surface area contributed by atoms with Gasteiger partial charge in [0.15, 0.2) is 0 Å². The van der Waals surface area contributed by atoms with Crippen LogP contribution >= 0.6 is 10.7 Å². The molecule has 18 heavy (non-hydrogen) atoms. The van der Waals surface area contributed by atoms with E-state index in [9.17, 15) is 8.42 Å². The van der Waals surface area contributed by atoms with Crippen LogP contribution < -0.4 is 9.47 Å². The van der Waals surface area contributed by atoms with Gasteiger partial charge >= 0.3 is 0 Å². The van der Waals surface area contributed by atoms with Crippen molar-refractivity contribution in [3.8, 4) is 17.6 Å². The Morgan fingerprint density at radius 3 is 2.56 bits per heavy atom. The first kappa shape index (κ1) is 14.6. The molecular formula is C11H12ClNO4S. The Balaban J connectivity index is 2.60. The minimum absolute atomic E-state index is 0.149. The Hall–Kier alpha value is -1.45. The monoisotopic (exact) mass is 289 g/mol. The van der Waals surface area contributed by atoms with Gasteiger partial charge in [0.05, 0.1) is 31.1 Å². The van der Waals surface area contributed by atoms with Crippen molar-refractivity contribution in [1.29, 1.82) is 5.26 Å². The normalized spacial score (nSPS) is 10.7. The van der Waals surface area contributed by atoms with Crippen LogP contribution in [-0.4, -0.2) is 27.9 Å². The number of hydrogen-bond donors (Lipinski definition) is 0. The summed E-state index contributed by atoms with van der Waals surface area (Å²) >= 11 is 0. The lowest BCUT2D eigenvalue weighted by Gasteiger charge is -2.07. The number of methoxy groups -OCH3 is 1. The molecule has 0 aliphatic rings. The maximum absolute atomic E-state index is 10.7. The van der Waals surface area contributed by atoms with Crippen molar-refractivity contribution in [1.82, 2.24) is 0 Å². The van der Waals surface area contributed by atoms with Crippen molar-refractivity contribution in [2.75, 3.05) is 19.5 Å². The lowest BCUT2D eigenvalue weighted by atomic mass is 10.2. The Labute approximate surface area is 110 Å². The van der Waals surface area contributed by atoms with Crippen LogP contribution in [0.25, 0.3) is 0 Å². The first-order chi connectivity index (χ1) is 8.44. The van der Waals surface area contributed by atoms with Gasteiger partial charge in [-0.2, -0.15) is 5.26 Å². The molecule has 0 unspecified atom stereocenters. The van der Waals surface area contributed by atoms with Crippen LogP contribution in [0.3, 0.4) is 0 Å². The number of halogens is 1. The van der Waals surface area contributed by atoms with Gasteiger partial charge in [-0.15, -0.1) is 0 Å². The van der Waals surface area contributed by atoms with Crippen molar-refractivity contribution in [2.24, 2.45) is 0 Å². The average molecular weight is 290 g/mol. The van der Waals surface area contributed by atoms with Crippen molar-refractivity contribution in [3.05, 3.63) is 23.8 Å². The van der Waals surface area contributed by atoms with Crippen LogP contribution in [0.15, 0.2) is 18.2 Å². The summed E-state index contributed by atoms with van der Waals surface area (Å²) in [5.41, 5.74) is 0.411. The molecule has 0 spiro atoms. The summed E-state index contributed by atoms with van der Waals surface area (Å²) in [5, 5.41) is 8.80. The van der Waals surface area contributed by atoms with Crippen molar-refractivity contribution >= 4 is 19.7 Å². The molecule has 1 aromatic carbocycles. The molecule has 5 nitrogen and oxygen atoms in total. The van der Waals surface area contributed by atoms with Crippen LogP contribution in [0.5, 0.6) is 11.5 Å². The fourth-order valence-corrected chi connectivity index (χ4v) is 2.05. The maximum Gasteiger partial charge on any atom is 0.232 e. The Kier molecular flexibility index (Phi) is 5.25. The van der Waals surface area contributed by atoms with Crippen LogP contribution in [0.1, 0.15) is 12.0 Å². The highest BCUT2D eigenvalue weighted by molar-refractivity contribution is 8.13. The molecule has 0 radical (unpaired) electrons. The van der Waals surface area contributed by atoms with E-state index in [1.54, 1.807) is 18.2 Å². The van der Waals surface area contributed by atoms with Gasteiger partial charge in [-0.25, -0.2) is 8.42 Å². The van der Waals surface area contributed by atoms with E-state index in [4.69, 9.17) is 25.4 Å². The second-order valence-corrected chi connectivity index (χ2v) is 6.35. The third-order valence-electron chi connectivity index (χ3n) is 2.05. The molecular weight excluding hydrogens is 278 g/mol. The number of ether oxygens (including phenoxy) is 2. The van der Waals surface area contributed by atoms with Gasteiger partial charge < -0.3 is 9.47 Å². The summed E-state index contributed by atoms with van der Waals surface area (Å²) in [6.45, 7) is 0.198. The molecule has 0 aliphatic carbocycles. The third-order valence-corrected chi connectivity index (χ3v) is 3.29. The SMILES string of the molecule is COc1cc(C#N)cc(OCCCS(=O)(=O)Cl)c1. The number of benzene rings is 1. The highest BCUT2D eigenvalue weighted by Gasteiger charge is 2.06. The maximum atomic E-state index is 10.7. The lowest BCUT2D eigenvalue weighted by Crippen LogP contribution is -2.05. The second-order valence-electron chi connectivity index (χ2n) is 3.45. The standard InChI is InChI=1S/C11H12ClNO4S/c1-16-10-5-9(8-13)6-11(7-10)17-3-2-4-18(12,14)15/h5-7H,2-4H2,1H3. The molecule has 0 saturated carbocycles. The highest BCUT2D eigenvalue weighted by atomic mass is 35.7. The molecule has 1 rings (SSSR count). The van der Waals surface area contributed by atoms with Crippen LogP contribution in [0.2, 0.25) is 0 Å². The summed E-state index contributed by atoms with van der Waals surface area (Å²) in [6, 6.07) is 6.73. The van der Waals surface area contributed by atoms with Crippen LogP contribution in [-0.2, 0) is 9.05 Å². The molecule has 0 heterocycles. The van der Waals surface area contributed by atoms with E-state index in [0.29, 0.717) is 17.1 Å². The van der Waals surface area contributed by atoms with Gasteiger partial charge in [0.2, 0.25) is 9.05 Å². The zero-order valence-corrected chi connectivity index (χ0v) is 11.3. The molecule has 7 heteroatoms. The van der Waals surface area contributed by atoms with Crippen molar-refractivity contribution in [2.45, 2.75) is 6.42 Å². The van der Waals surface area contributed by atoms with Gasteiger partial charge in [0.25, 0.3) is 0 Å². The van der Waals surface area contributed by atoms with Gasteiger partial charge in [-0.05, 0) is 18.6 Å². The van der Waals surface area contributed by atoms with Gasteiger partial charge in [0, 0.05) is 16.7 Å². The Morgan fingerprint density at radius 2 is 2.00 bits per heavy atom. The Morgan fingerprint density at radius 1 is 1.33 bits per heavy atom. The number of nitriles is 1. The minimum atomic E-state index is -3.49. The smallest absolute Gasteiger partial charge is 0.232 e. The fraction of sp³-hybridized carbons (Fsp3) is 0.364. The van der Waals surface area contributed by atoms with Crippen LogP contribution in [0.4, 0.5) is 0 Å². The van der Waals surface area contributed by atoms with Crippen molar-refractivity contribution in [3.63, 3.8) is 0 Å². The zero-order chi connectivity index (χ0) is 13.6. The summed E-state index contributed by atoms with van der Waals surface area (Å²) in [7, 11) is 3.06. The topological polar surface area (TPSA) is 76.4 Å². The molecule has 0 fully saturated rings. The number of nitrogens with zero attached hydrogens (tertiary/aromatic N) is 1. The molecule has 1 aromatic rings. The Bertz CT molecular complexity index is 551. The molecule has 0 N–H and O–H groups in total. The minimum Gasteiger partial charge on any atom is -0.497 e. The molecule has 0 saturated heterocycles. The second kappa shape index (κ2) is 6.47. The van der Waals surface area contributed by atoms with E-state index in [1.807, 2.05) is 6.07 Å². The third kappa shape index (κ3) is 5.25. The largest absolute Gasteiger partial charge is 0.497 e. The summed E-state index contributed by atoms with van der Waals surface area (Å²) in [5.74, 6) is 0.816. The van der Waals surface area contributed by atoms with Gasteiger partial charge in [0.1, 0.15) is 11.5 Å². The van der Waals surface area contributed by atoms with Gasteiger partial charge in [-0.1, -0.05) is 0 Å². The molecule has 0 aromatic heterocycles. The van der Waals surface area contributed by atoms with E-state index >= 15 is 0 Å². The van der Waals surface area contributed by atoms with E-state index in [-0.39, 0.29) is 18.8 Å². The average Bonchev–Trinajstić information content (AvgIpc) is 2.33. The molecule has 0 amide bonds. The number of rotatable bonds is 6. The van der Waals surface area contributed by atoms with E-state index in [2.05, 4.69) is 0 Å². The summed E-state index contributed by atoms with van der Waals surface area (Å²) in [6.07, 6.45) is 0.283.